The number of nitrogens with two attached hydrogens (primary N) is 1. The first-order chi connectivity index (χ1) is 7.65. The molecule has 0 fully saturated rings. The molecule has 0 saturated heterocycles. The molecule has 0 aromatic rings. The fourth-order valence-corrected chi connectivity index (χ4v) is 2.06. The fourth-order valence-electron chi connectivity index (χ4n) is 1.31. The van der Waals surface area contributed by atoms with Crippen LogP contribution < -0.4 is 11.1 Å². The maximum absolute atomic E-state index is 11.9. The molecule has 0 aromatic heterocycles. The van der Waals surface area contributed by atoms with E-state index < -0.39 is 14.4 Å². The smallest absolute Gasteiger partial charge is 0.315 e. The monoisotopic (exact) mass is 260 g/mol. The highest BCUT2D eigenvalue weighted by molar-refractivity contribution is 6.71. The van der Waals surface area contributed by atoms with Crippen molar-refractivity contribution >= 4 is 20.2 Å². The highest BCUT2D eigenvalue weighted by atomic mass is 28.4. The van der Waals surface area contributed by atoms with Gasteiger partial charge in [-0.2, -0.15) is 0 Å². The molecule has 6 heteroatoms. The van der Waals surface area contributed by atoms with E-state index in [1.165, 1.54) is 0 Å². The van der Waals surface area contributed by atoms with E-state index in [1.807, 2.05) is 33.5 Å². The third-order valence-corrected chi connectivity index (χ3v) is 2.73. The first kappa shape index (κ1) is 16.1. The molecule has 0 radical (unpaired) electrons. The number of amides is 1. The van der Waals surface area contributed by atoms with Crippen molar-refractivity contribution in [3.63, 3.8) is 0 Å². The fraction of sp³-hybridized carbons (Fsp3) is 0.818. The van der Waals surface area contributed by atoms with Crippen LogP contribution in [0.4, 0.5) is 0 Å². The number of carbonyl (C=O) groups is 2. The maximum atomic E-state index is 11.9. The molecule has 1 atom stereocenters. The summed E-state index contributed by atoms with van der Waals surface area (Å²) in [6.45, 7) is 9.66. The van der Waals surface area contributed by atoms with Gasteiger partial charge in [0.05, 0.1) is 6.54 Å². The standard InChI is InChI=1S/C11H24N2O3Si/c1-8(2)6-9(13-10(14)7-12)11(15)16-17(3,4)5/h8-9H,6-7,12H2,1-5H3,(H,13,14). The minimum atomic E-state index is -1.93. The van der Waals surface area contributed by atoms with Gasteiger partial charge in [0.2, 0.25) is 14.2 Å². The lowest BCUT2D eigenvalue weighted by Gasteiger charge is -2.24. The Labute approximate surface area is 104 Å². The Kier molecular flexibility index (Phi) is 6.40. The third-order valence-electron chi connectivity index (χ3n) is 1.92. The highest BCUT2D eigenvalue weighted by Gasteiger charge is 2.28. The first-order valence-electron chi connectivity index (χ1n) is 5.88. The zero-order valence-corrected chi connectivity index (χ0v) is 12.4. The Morgan fingerprint density at radius 3 is 2.18 bits per heavy atom. The Morgan fingerprint density at radius 1 is 1.29 bits per heavy atom. The molecule has 100 valence electrons. The average Bonchev–Trinajstić information content (AvgIpc) is 2.13. The minimum Gasteiger partial charge on any atom is -0.518 e. The first-order valence-corrected chi connectivity index (χ1v) is 9.29. The zero-order chi connectivity index (χ0) is 13.6. The van der Waals surface area contributed by atoms with Crippen LogP contribution in [0.15, 0.2) is 0 Å². The summed E-state index contributed by atoms with van der Waals surface area (Å²) in [5.41, 5.74) is 5.22. The SMILES string of the molecule is CC(C)CC(NC(=O)CN)C(=O)O[Si](C)(C)C. The van der Waals surface area contributed by atoms with Crippen LogP contribution in [0.3, 0.4) is 0 Å². The lowest BCUT2D eigenvalue weighted by molar-refractivity contribution is -0.140. The molecule has 5 nitrogen and oxygen atoms in total. The summed E-state index contributed by atoms with van der Waals surface area (Å²) in [4.78, 5) is 23.1. The largest absolute Gasteiger partial charge is 0.518 e. The van der Waals surface area contributed by atoms with Crippen LogP contribution in [0.2, 0.25) is 19.6 Å². The minimum absolute atomic E-state index is 0.116. The van der Waals surface area contributed by atoms with Crippen LogP contribution in [0.5, 0.6) is 0 Å². The lowest BCUT2D eigenvalue weighted by Crippen LogP contribution is -2.47. The summed E-state index contributed by atoms with van der Waals surface area (Å²) in [5.74, 6) is -0.380. The van der Waals surface area contributed by atoms with E-state index in [4.69, 9.17) is 10.2 Å². The van der Waals surface area contributed by atoms with Crippen molar-refractivity contribution in [3.05, 3.63) is 0 Å². The van der Waals surface area contributed by atoms with Crippen LogP contribution in [0, 0.1) is 5.92 Å². The summed E-state index contributed by atoms with van der Waals surface area (Å²) in [5, 5.41) is 2.60. The van der Waals surface area contributed by atoms with E-state index in [0.29, 0.717) is 12.3 Å². The third kappa shape index (κ3) is 7.92. The van der Waals surface area contributed by atoms with Crippen molar-refractivity contribution in [2.45, 2.75) is 46.0 Å². The van der Waals surface area contributed by atoms with Crippen molar-refractivity contribution in [3.8, 4) is 0 Å². The van der Waals surface area contributed by atoms with Gasteiger partial charge in [-0.3, -0.25) is 9.59 Å². The molecule has 1 unspecified atom stereocenters. The second kappa shape index (κ2) is 6.76. The second-order valence-corrected chi connectivity index (χ2v) is 9.92. The van der Waals surface area contributed by atoms with Gasteiger partial charge < -0.3 is 15.5 Å². The summed E-state index contributed by atoms with van der Waals surface area (Å²) in [7, 11) is -1.93. The second-order valence-electron chi connectivity index (χ2n) is 5.49. The van der Waals surface area contributed by atoms with Gasteiger partial charge in [0.15, 0.2) is 0 Å². The Bertz CT molecular complexity index is 274. The van der Waals surface area contributed by atoms with Gasteiger partial charge in [-0.1, -0.05) is 13.8 Å². The predicted molar refractivity (Wildman–Crippen MR) is 69.9 cm³/mol. The Balaban J connectivity index is 4.56. The number of hydrogen-bond acceptors (Lipinski definition) is 4. The molecule has 0 bridgehead atoms. The number of carbonyl (C=O) groups excluding carboxylic acids is 2. The van der Waals surface area contributed by atoms with E-state index >= 15 is 0 Å². The van der Waals surface area contributed by atoms with Crippen LogP contribution >= 0.6 is 0 Å². The van der Waals surface area contributed by atoms with E-state index in [2.05, 4.69) is 5.32 Å². The summed E-state index contributed by atoms with van der Waals surface area (Å²) < 4.78 is 5.39. The average molecular weight is 260 g/mol. The molecule has 0 aliphatic carbocycles. The van der Waals surface area contributed by atoms with Gasteiger partial charge in [-0.15, -0.1) is 0 Å². The normalized spacial score (nSPS) is 13.4. The van der Waals surface area contributed by atoms with E-state index in [-0.39, 0.29) is 18.4 Å². The van der Waals surface area contributed by atoms with Crippen LogP contribution in [-0.4, -0.2) is 32.8 Å². The van der Waals surface area contributed by atoms with Gasteiger partial charge in [0, 0.05) is 0 Å². The molecule has 0 heterocycles. The molecule has 0 aliphatic heterocycles. The zero-order valence-electron chi connectivity index (χ0n) is 11.4. The van der Waals surface area contributed by atoms with E-state index in [0.717, 1.165) is 0 Å². The molecule has 0 spiro atoms. The topological polar surface area (TPSA) is 81.4 Å². The molecule has 17 heavy (non-hydrogen) atoms. The molecule has 0 aromatic carbocycles. The number of nitrogens with one attached hydrogen (secondary N) is 1. The van der Waals surface area contributed by atoms with Gasteiger partial charge >= 0.3 is 5.97 Å². The maximum Gasteiger partial charge on any atom is 0.315 e. The quantitative estimate of drug-likeness (QED) is 0.694. The summed E-state index contributed by atoms with van der Waals surface area (Å²) in [6.07, 6.45) is 0.565. The van der Waals surface area contributed by atoms with Crippen LogP contribution in [0.1, 0.15) is 20.3 Å². The van der Waals surface area contributed by atoms with Crippen molar-refractivity contribution in [2.75, 3.05) is 6.54 Å². The van der Waals surface area contributed by atoms with Crippen LogP contribution in [0.25, 0.3) is 0 Å². The summed E-state index contributed by atoms with van der Waals surface area (Å²) in [6, 6.07) is -0.585. The van der Waals surface area contributed by atoms with Gasteiger partial charge in [-0.25, -0.2) is 0 Å². The molecule has 0 saturated carbocycles. The molecule has 0 rings (SSSR count). The number of rotatable bonds is 6. The predicted octanol–water partition coefficient (Wildman–Crippen LogP) is 0.854. The highest BCUT2D eigenvalue weighted by Crippen LogP contribution is 2.10. The van der Waals surface area contributed by atoms with Crippen LogP contribution in [-0.2, 0) is 14.0 Å². The van der Waals surface area contributed by atoms with E-state index in [1.54, 1.807) is 0 Å². The number of hydrogen-bond donors (Lipinski definition) is 2. The van der Waals surface area contributed by atoms with Gasteiger partial charge in [-0.05, 0) is 32.0 Å². The van der Waals surface area contributed by atoms with Crippen molar-refractivity contribution in [1.29, 1.82) is 0 Å². The van der Waals surface area contributed by atoms with Crippen molar-refractivity contribution in [2.24, 2.45) is 11.7 Å². The lowest BCUT2D eigenvalue weighted by atomic mass is 10.0. The Morgan fingerprint density at radius 2 is 1.82 bits per heavy atom. The van der Waals surface area contributed by atoms with Gasteiger partial charge in [0.25, 0.3) is 0 Å². The summed E-state index contributed by atoms with van der Waals surface area (Å²) >= 11 is 0. The Hall–Kier alpha value is -0.883. The van der Waals surface area contributed by atoms with Crippen molar-refractivity contribution in [1.82, 2.24) is 5.32 Å². The van der Waals surface area contributed by atoms with E-state index in [9.17, 15) is 9.59 Å². The molecular formula is C11H24N2O3Si. The molecular weight excluding hydrogens is 236 g/mol. The van der Waals surface area contributed by atoms with Gasteiger partial charge in [0.1, 0.15) is 6.04 Å². The molecule has 0 aliphatic rings. The molecule has 3 N–H and O–H groups in total. The molecule has 1 amide bonds. The van der Waals surface area contributed by atoms with Crippen molar-refractivity contribution < 1.29 is 14.0 Å².